The number of hydrogen-bond donors (Lipinski definition) is 0. The van der Waals surface area contributed by atoms with Crippen LogP contribution in [0.5, 0.6) is 0 Å². The van der Waals surface area contributed by atoms with Crippen LogP contribution in [0.25, 0.3) is 0 Å². The number of ether oxygens (including phenoxy) is 1. The molecule has 2 bridgehead atoms. The summed E-state index contributed by atoms with van der Waals surface area (Å²) < 4.78 is 42.0. The van der Waals surface area contributed by atoms with Crippen LogP contribution in [0.3, 0.4) is 0 Å². The summed E-state index contributed by atoms with van der Waals surface area (Å²) in [4.78, 5) is 11.0. The Balaban J connectivity index is 0.00000156. The standard InChI is InChI=1S/C14H15F3N2O3.K/c15-14(16,17)22-10-1-8(2-10)9-3-18-19(4-9)13-5-12(6-13,7-13)11(20)21;/h3-4,8,10H,1-2,5-7H2,(H,20,21);/q;+1/p-1. The molecule has 4 fully saturated rings. The monoisotopic (exact) mass is 354 g/mol. The largest absolute Gasteiger partial charge is 1.00 e. The molecule has 0 radical (unpaired) electrons. The van der Waals surface area contributed by atoms with Gasteiger partial charge in [-0.25, -0.2) is 0 Å². The van der Waals surface area contributed by atoms with Gasteiger partial charge in [0.2, 0.25) is 0 Å². The number of hydrogen-bond acceptors (Lipinski definition) is 4. The number of aliphatic carboxylic acids is 1. The van der Waals surface area contributed by atoms with Crippen LogP contribution < -0.4 is 56.5 Å². The Morgan fingerprint density at radius 3 is 2.48 bits per heavy atom. The number of rotatable bonds is 4. The quantitative estimate of drug-likeness (QED) is 0.605. The van der Waals surface area contributed by atoms with Gasteiger partial charge in [-0.05, 0) is 43.6 Å². The molecule has 0 saturated heterocycles. The van der Waals surface area contributed by atoms with Crippen molar-refractivity contribution in [3.63, 3.8) is 0 Å². The maximum absolute atomic E-state index is 12.1. The number of alkyl halides is 3. The Morgan fingerprint density at radius 1 is 1.35 bits per heavy atom. The molecule has 23 heavy (non-hydrogen) atoms. The first-order valence-corrected chi connectivity index (χ1v) is 7.23. The molecule has 1 aromatic rings. The molecule has 120 valence electrons. The molecular weight excluding hydrogens is 340 g/mol. The van der Waals surface area contributed by atoms with E-state index in [1.165, 1.54) is 0 Å². The van der Waals surface area contributed by atoms with Crippen molar-refractivity contribution in [2.75, 3.05) is 0 Å². The van der Waals surface area contributed by atoms with E-state index in [0.29, 0.717) is 32.1 Å². The molecule has 1 heterocycles. The van der Waals surface area contributed by atoms with E-state index < -0.39 is 23.9 Å². The van der Waals surface area contributed by atoms with Crippen LogP contribution in [0.2, 0.25) is 0 Å². The fraction of sp³-hybridized carbons (Fsp3) is 0.714. The topological polar surface area (TPSA) is 67.2 Å². The molecule has 9 heteroatoms. The third kappa shape index (κ3) is 2.83. The Hall–Kier alpha value is 0.0664. The van der Waals surface area contributed by atoms with Crippen LogP contribution >= 0.6 is 0 Å². The van der Waals surface area contributed by atoms with E-state index in [1.807, 2.05) is 6.20 Å². The SMILES string of the molecule is O=C([O-])C12CC(n3cc(C4CC(OC(F)(F)F)C4)cn3)(C1)C2.[K+]. The van der Waals surface area contributed by atoms with Crippen molar-refractivity contribution in [3.05, 3.63) is 18.0 Å². The predicted octanol–water partition coefficient (Wildman–Crippen LogP) is -1.70. The minimum Gasteiger partial charge on any atom is -0.550 e. The van der Waals surface area contributed by atoms with E-state index in [9.17, 15) is 23.1 Å². The number of carbonyl (C=O) groups excluding carboxylic acids is 1. The number of halogens is 3. The Labute approximate surface area is 173 Å². The van der Waals surface area contributed by atoms with Crippen molar-refractivity contribution < 1.29 is 79.2 Å². The van der Waals surface area contributed by atoms with Gasteiger partial charge in [0.25, 0.3) is 0 Å². The van der Waals surface area contributed by atoms with Crippen molar-refractivity contribution >= 4 is 5.97 Å². The maximum atomic E-state index is 12.1. The summed E-state index contributed by atoms with van der Waals surface area (Å²) >= 11 is 0. The van der Waals surface area contributed by atoms with Gasteiger partial charge >= 0.3 is 57.7 Å². The number of carbonyl (C=O) groups is 1. The fourth-order valence-corrected chi connectivity index (χ4v) is 4.12. The van der Waals surface area contributed by atoms with Gasteiger partial charge in [-0.15, -0.1) is 13.2 Å². The van der Waals surface area contributed by atoms with Gasteiger partial charge in [-0.1, -0.05) is 0 Å². The first-order valence-electron chi connectivity index (χ1n) is 7.23. The second-order valence-corrected chi connectivity index (χ2v) is 6.89. The fourth-order valence-electron chi connectivity index (χ4n) is 4.12. The molecule has 0 aliphatic heterocycles. The molecule has 5 rings (SSSR count). The maximum Gasteiger partial charge on any atom is 1.00 e. The zero-order valence-corrected chi connectivity index (χ0v) is 15.7. The number of nitrogens with zero attached hydrogens (tertiary/aromatic N) is 2. The summed E-state index contributed by atoms with van der Waals surface area (Å²) in [6.07, 6.45) is 0.431. The van der Waals surface area contributed by atoms with Gasteiger partial charge in [0.1, 0.15) is 0 Å². The van der Waals surface area contributed by atoms with E-state index in [1.54, 1.807) is 10.9 Å². The normalized spacial score (nSPS) is 37.9. The van der Waals surface area contributed by atoms with Crippen LogP contribution in [0, 0.1) is 5.41 Å². The average Bonchev–Trinajstić information content (AvgIpc) is 2.66. The van der Waals surface area contributed by atoms with E-state index >= 15 is 0 Å². The van der Waals surface area contributed by atoms with Gasteiger partial charge in [0, 0.05) is 17.6 Å². The smallest absolute Gasteiger partial charge is 0.550 e. The molecule has 0 spiro atoms. The summed E-state index contributed by atoms with van der Waals surface area (Å²) in [5.74, 6) is -0.962. The number of carboxylic acid groups (broad SMARTS) is 1. The predicted molar refractivity (Wildman–Crippen MR) is 64.4 cm³/mol. The van der Waals surface area contributed by atoms with Gasteiger partial charge < -0.3 is 9.90 Å². The van der Waals surface area contributed by atoms with E-state index in [2.05, 4.69) is 9.84 Å². The second kappa shape index (κ2) is 5.53. The Morgan fingerprint density at radius 2 is 1.96 bits per heavy atom. The molecule has 0 atom stereocenters. The summed E-state index contributed by atoms with van der Waals surface area (Å²) in [7, 11) is 0. The van der Waals surface area contributed by atoms with Crippen LogP contribution in [-0.2, 0) is 15.1 Å². The van der Waals surface area contributed by atoms with Crippen molar-refractivity contribution in [3.8, 4) is 0 Å². The molecular formula is C14H14F3KN2O3. The van der Waals surface area contributed by atoms with Crippen molar-refractivity contribution in [1.29, 1.82) is 0 Å². The minimum atomic E-state index is -4.58. The summed E-state index contributed by atoms with van der Waals surface area (Å²) in [5, 5.41) is 15.3. The summed E-state index contributed by atoms with van der Waals surface area (Å²) in [5.41, 5.74) is 0.00674. The molecule has 4 aliphatic rings. The average molecular weight is 354 g/mol. The molecule has 0 unspecified atom stereocenters. The Kier molecular flexibility index (Phi) is 4.30. The van der Waals surface area contributed by atoms with Crippen LogP contribution in [0.4, 0.5) is 13.2 Å². The summed E-state index contributed by atoms with van der Waals surface area (Å²) in [6.45, 7) is 0. The molecule has 4 saturated carbocycles. The van der Waals surface area contributed by atoms with Crippen LogP contribution in [0.1, 0.15) is 43.6 Å². The van der Waals surface area contributed by atoms with Gasteiger partial charge in [0.15, 0.2) is 0 Å². The number of aromatic nitrogens is 2. The second-order valence-electron chi connectivity index (χ2n) is 6.89. The zero-order valence-electron chi connectivity index (χ0n) is 12.6. The van der Waals surface area contributed by atoms with E-state index in [4.69, 9.17) is 0 Å². The van der Waals surface area contributed by atoms with Gasteiger partial charge in [-0.3, -0.25) is 9.42 Å². The first kappa shape index (κ1) is 17.9. The van der Waals surface area contributed by atoms with E-state index in [-0.39, 0.29) is 62.8 Å². The zero-order chi connectivity index (χ0) is 15.8. The first-order chi connectivity index (χ1) is 10.2. The van der Waals surface area contributed by atoms with Gasteiger partial charge in [0.05, 0.1) is 17.8 Å². The molecule has 4 aliphatic carbocycles. The Bertz CT molecular complexity index is 620. The molecule has 0 aromatic carbocycles. The van der Waals surface area contributed by atoms with Crippen LogP contribution in [-0.4, -0.2) is 28.2 Å². The van der Waals surface area contributed by atoms with E-state index in [0.717, 1.165) is 5.56 Å². The van der Waals surface area contributed by atoms with Crippen molar-refractivity contribution in [1.82, 2.24) is 9.78 Å². The van der Waals surface area contributed by atoms with Gasteiger partial charge in [-0.2, -0.15) is 5.10 Å². The third-order valence-corrected chi connectivity index (χ3v) is 5.39. The molecule has 0 N–H and O–H groups in total. The van der Waals surface area contributed by atoms with Crippen LogP contribution in [0.15, 0.2) is 12.4 Å². The van der Waals surface area contributed by atoms with Crippen molar-refractivity contribution in [2.24, 2.45) is 5.41 Å². The van der Waals surface area contributed by atoms with Crippen molar-refractivity contribution in [2.45, 2.75) is 56.0 Å². The molecule has 1 aromatic heterocycles. The molecule has 5 nitrogen and oxygen atoms in total. The minimum absolute atomic E-state index is 0. The number of carboxylic acids is 1. The summed E-state index contributed by atoms with van der Waals surface area (Å²) in [6, 6.07) is 0. The molecule has 0 amide bonds. The third-order valence-electron chi connectivity index (χ3n) is 5.39.